The first-order valence-corrected chi connectivity index (χ1v) is 8.96. The maximum absolute atomic E-state index is 12.8. The number of rotatable bonds is 4. The van der Waals surface area contributed by atoms with Crippen LogP contribution in [0.5, 0.6) is 11.5 Å². The number of para-hydroxylation sites is 1. The maximum atomic E-state index is 12.8. The Morgan fingerprint density at radius 2 is 1.83 bits per heavy atom. The lowest BCUT2D eigenvalue weighted by Crippen LogP contribution is -2.17. The fraction of sp³-hybridized carbons (Fsp3) is 0.0909. The van der Waals surface area contributed by atoms with E-state index in [1.165, 1.54) is 4.52 Å². The second kappa shape index (κ2) is 7.44. The van der Waals surface area contributed by atoms with Crippen LogP contribution in [0.4, 0.5) is 5.69 Å². The van der Waals surface area contributed by atoms with Gasteiger partial charge in [0, 0.05) is 17.4 Å². The number of fused-ring (bicyclic) bond motifs is 1. The van der Waals surface area contributed by atoms with Gasteiger partial charge in [0.2, 0.25) is 0 Å². The molecular formula is C22H17N5O2. The number of hydrogen-bond acceptors (Lipinski definition) is 5. The molecule has 0 aliphatic heterocycles. The van der Waals surface area contributed by atoms with E-state index in [0.29, 0.717) is 34.1 Å². The summed E-state index contributed by atoms with van der Waals surface area (Å²) in [6.45, 7) is 3.69. The van der Waals surface area contributed by atoms with E-state index in [0.717, 1.165) is 11.4 Å². The third kappa shape index (κ3) is 3.77. The van der Waals surface area contributed by atoms with Gasteiger partial charge in [0.15, 0.2) is 5.65 Å². The van der Waals surface area contributed by atoms with Gasteiger partial charge in [0.25, 0.3) is 5.91 Å². The van der Waals surface area contributed by atoms with Gasteiger partial charge in [-0.15, -0.1) is 0 Å². The van der Waals surface area contributed by atoms with E-state index < -0.39 is 0 Å². The second-order valence-electron chi connectivity index (χ2n) is 6.53. The van der Waals surface area contributed by atoms with Gasteiger partial charge in [-0.2, -0.15) is 10.4 Å². The Morgan fingerprint density at radius 1 is 1.07 bits per heavy atom. The number of benzene rings is 2. The fourth-order valence-corrected chi connectivity index (χ4v) is 2.95. The number of carbonyl (C=O) groups excluding carboxylic acids is 1. The highest BCUT2D eigenvalue weighted by Crippen LogP contribution is 2.26. The minimum absolute atomic E-state index is 0.285. The molecule has 0 aliphatic carbocycles. The smallest absolute Gasteiger partial charge is 0.274 e. The van der Waals surface area contributed by atoms with Crippen molar-refractivity contribution in [2.24, 2.45) is 0 Å². The molecule has 0 unspecified atom stereocenters. The Bertz CT molecular complexity index is 1250. The molecule has 2 aromatic carbocycles. The number of nitrogens with one attached hydrogen (secondary N) is 1. The predicted octanol–water partition coefficient (Wildman–Crippen LogP) is 4.26. The summed E-state index contributed by atoms with van der Waals surface area (Å²) in [5.74, 6) is 0.762. The van der Waals surface area contributed by atoms with E-state index in [1.54, 1.807) is 54.6 Å². The van der Waals surface area contributed by atoms with E-state index in [1.807, 2.05) is 19.9 Å². The van der Waals surface area contributed by atoms with E-state index in [4.69, 9.17) is 10.00 Å². The molecule has 1 N–H and O–H groups in total. The largest absolute Gasteiger partial charge is 0.456 e. The monoisotopic (exact) mass is 383 g/mol. The number of hydrogen-bond donors (Lipinski definition) is 1. The molecule has 0 bridgehead atoms. The molecule has 142 valence electrons. The first-order chi connectivity index (χ1) is 14.0. The van der Waals surface area contributed by atoms with Crippen LogP contribution in [-0.2, 0) is 0 Å². The number of aromatic nitrogens is 3. The number of anilines is 1. The van der Waals surface area contributed by atoms with Crippen LogP contribution < -0.4 is 10.1 Å². The molecule has 4 aromatic rings. The van der Waals surface area contributed by atoms with Crippen LogP contribution in [0.15, 0.2) is 60.7 Å². The summed E-state index contributed by atoms with van der Waals surface area (Å²) in [6, 6.07) is 19.6. The van der Waals surface area contributed by atoms with Gasteiger partial charge in [-0.3, -0.25) is 4.79 Å². The van der Waals surface area contributed by atoms with Gasteiger partial charge in [0.05, 0.1) is 11.3 Å². The standard InChI is InChI=1S/C22H17N5O2/c1-14-11-19(27-21(24-14)12-15(2)26-27)22(28)25-17-7-9-18(10-8-17)29-20-6-4-3-5-16(20)13-23/h3-12H,1-2H3,(H,25,28). The van der Waals surface area contributed by atoms with Crippen LogP contribution in [0, 0.1) is 25.2 Å². The number of nitriles is 1. The molecular weight excluding hydrogens is 366 g/mol. The van der Waals surface area contributed by atoms with E-state index >= 15 is 0 Å². The molecule has 1 amide bonds. The highest BCUT2D eigenvalue weighted by atomic mass is 16.5. The Hall–Kier alpha value is -4.18. The second-order valence-corrected chi connectivity index (χ2v) is 6.53. The Balaban J connectivity index is 1.54. The van der Waals surface area contributed by atoms with Gasteiger partial charge < -0.3 is 10.1 Å². The zero-order chi connectivity index (χ0) is 20.4. The molecule has 0 saturated heterocycles. The summed E-state index contributed by atoms with van der Waals surface area (Å²) in [5, 5.41) is 16.4. The number of ether oxygens (including phenoxy) is 1. The molecule has 29 heavy (non-hydrogen) atoms. The third-order valence-electron chi connectivity index (χ3n) is 4.26. The highest BCUT2D eigenvalue weighted by molar-refractivity contribution is 6.03. The molecule has 4 rings (SSSR count). The van der Waals surface area contributed by atoms with Crippen molar-refractivity contribution in [3.8, 4) is 17.6 Å². The lowest BCUT2D eigenvalue weighted by atomic mass is 10.2. The molecule has 0 aliphatic rings. The predicted molar refractivity (Wildman–Crippen MR) is 108 cm³/mol. The summed E-state index contributed by atoms with van der Waals surface area (Å²) in [6.07, 6.45) is 0. The van der Waals surface area contributed by atoms with E-state index in [2.05, 4.69) is 21.5 Å². The molecule has 0 atom stereocenters. The first-order valence-electron chi connectivity index (χ1n) is 8.96. The van der Waals surface area contributed by atoms with Crippen LogP contribution in [0.2, 0.25) is 0 Å². The van der Waals surface area contributed by atoms with E-state index in [-0.39, 0.29) is 5.91 Å². The molecule has 0 saturated carbocycles. The maximum Gasteiger partial charge on any atom is 0.274 e. The van der Waals surface area contributed by atoms with Crippen LogP contribution in [0.3, 0.4) is 0 Å². The summed E-state index contributed by atoms with van der Waals surface area (Å²) < 4.78 is 7.30. The average molecular weight is 383 g/mol. The van der Waals surface area contributed by atoms with Gasteiger partial charge in [-0.05, 0) is 56.3 Å². The highest BCUT2D eigenvalue weighted by Gasteiger charge is 2.14. The lowest BCUT2D eigenvalue weighted by Gasteiger charge is -2.10. The Morgan fingerprint density at radius 3 is 2.59 bits per heavy atom. The van der Waals surface area contributed by atoms with Crippen molar-refractivity contribution in [1.29, 1.82) is 5.26 Å². The SMILES string of the molecule is Cc1cc(C(=O)Nc2ccc(Oc3ccccc3C#N)cc2)n2nc(C)cc2n1. The van der Waals surface area contributed by atoms with Crippen LogP contribution >= 0.6 is 0 Å². The van der Waals surface area contributed by atoms with E-state index in [9.17, 15) is 4.79 Å². The number of amides is 1. The van der Waals surface area contributed by atoms with Crippen molar-refractivity contribution in [3.63, 3.8) is 0 Å². The van der Waals surface area contributed by atoms with Crippen molar-refractivity contribution in [2.45, 2.75) is 13.8 Å². The molecule has 2 heterocycles. The minimum Gasteiger partial charge on any atom is -0.456 e. The van der Waals surface area contributed by atoms with Crippen molar-refractivity contribution >= 4 is 17.2 Å². The van der Waals surface area contributed by atoms with Crippen molar-refractivity contribution in [3.05, 3.63) is 83.3 Å². The number of carbonyl (C=O) groups is 1. The summed E-state index contributed by atoms with van der Waals surface area (Å²) in [5.41, 5.74) is 3.63. The van der Waals surface area contributed by atoms with Crippen molar-refractivity contribution < 1.29 is 9.53 Å². The lowest BCUT2D eigenvalue weighted by molar-refractivity contribution is 0.101. The van der Waals surface area contributed by atoms with Gasteiger partial charge in [0.1, 0.15) is 23.3 Å². The molecule has 7 heteroatoms. The van der Waals surface area contributed by atoms with Gasteiger partial charge in [-0.25, -0.2) is 9.50 Å². The zero-order valence-electron chi connectivity index (χ0n) is 15.9. The summed E-state index contributed by atoms with van der Waals surface area (Å²) in [7, 11) is 0. The number of aryl methyl sites for hydroxylation is 2. The van der Waals surface area contributed by atoms with Gasteiger partial charge >= 0.3 is 0 Å². The molecule has 0 radical (unpaired) electrons. The average Bonchev–Trinajstić information content (AvgIpc) is 3.09. The normalized spacial score (nSPS) is 10.5. The summed E-state index contributed by atoms with van der Waals surface area (Å²) in [4.78, 5) is 17.2. The fourth-order valence-electron chi connectivity index (χ4n) is 2.95. The minimum atomic E-state index is -0.285. The van der Waals surface area contributed by atoms with Crippen LogP contribution in [0.1, 0.15) is 27.4 Å². The number of nitrogens with zero attached hydrogens (tertiary/aromatic N) is 4. The third-order valence-corrected chi connectivity index (χ3v) is 4.26. The quantitative estimate of drug-likeness (QED) is 0.568. The van der Waals surface area contributed by atoms with Crippen molar-refractivity contribution in [2.75, 3.05) is 5.32 Å². The van der Waals surface area contributed by atoms with Crippen molar-refractivity contribution in [1.82, 2.24) is 14.6 Å². The zero-order valence-corrected chi connectivity index (χ0v) is 15.9. The Kier molecular flexibility index (Phi) is 4.67. The Labute approximate surface area is 167 Å². The topological polar surface area (TPSA) is 92.3 Å². The molecule has 0 fully saturated rings. The van der Waals surface area contributed by atoms with Crippen LogP contribution in [-0.4, -0.2) is 20.5 Å². The first kappa shape index (κ1) is 18.2. The molecule has 2 aromatic heterocycles. The van der Waals surface area contributed by atoms with Crippen LogP contribution in [0.25, 0.3) is 5.65 Å². The molecule has 7 nitrogen and oxygen atoms in total. The van der Waals surface area contributed by atoms with Gasteiger partial charge in [-0.1, -0.05) is 12.1 Å². The summed E-state index contributed by atoms with van der Waals surface area (Å²) >= 11 is 0. The molecule has 0 spiro atoms.